The molecule has 4 nitrogen and oxygen atoms in total. The quantitative estimate of drug-likeness (QED) is 0.323. The standard InChI is InChI=1S/C28H24ClNO3/c29-24-11-9-22-10-13-25(30-26(22)18-24)12-7-20-4-2-6-23(16-20)27(31)14-8-19-3-1-5-21(15-19)17-28(32)33/h1-7,9-13,15-16,18,27,31H,8,14,17H2,(H,32,33)/b12-7+/t27-/m0/s1. The fourth-order valence-corrected chi connectivity index (χ4v) is 3.96. The van der Waals surface area contributed by atoms with E-state index >= 15 is 0 Å². The van der Waals surface area contributed by atoms with Gasteiger partial charge in [-0.05, 0) is 65.4 Å². The summed E-state index contributed by atoms with van der Waals surface area (Å²) >= 11 is 6.08. The molecular weight excluding hydrogens is 434 g/mol. The monoisotopic (exact) mass is 457 g/mol. The maximum Gasteiger partial charge on any atom is 0.307 e. The second-order valence-corrected chi connectivity index (χ2v) is 8.46. The summed E-state index contributed by atoms with van der Waals surface area (Å²) in [6, 6.07) is 25.0. The number of aromatic nitrogens is 1. The van der Waals surface area contributed by atoms with Gasteiger partial charge in [0.15, 0.2) is 0 Å². The van der Waals surface area contributed by atoms with Crippen LogP contribution in [0.3, 0.4) is 0 Å². The summed E-state index contributed by atoms with van der Waals surface area (Å²) in [6.45, 7) is 0. The van der Waals surface area contributed by atoms with Crippen LogP contribution in [0.15, 0.2) is 78.9 Å². The van der Waals surface area contributed by atoms with Crippen molar-refractivity contribution in [3.05, 3.63) is 112 Å². The average Bonchev–Trinajstić information content (AvgIpc) is 2.81. The van der Waals surface area contributed by atoms with Gasteiger partial charge in [-0.2, -0.15) is 0 Å². The third kappa shape index (κ3) is 6.28. The molecule has 0 unspecified atom stereocenters. The number of carboxylic acid groups (broad SMARTS) is 1. The number of halogens is 1. The number of aliphatic hydroxyl groups is 1. The summed E-state index contributed by atoms with van der Waals surface area (Å²) in [7, 11) is 0. The van der Waals surface area contributed by atoms with Gasteiger partial charge in [-0.1, -0.05) is 72.3 Å². The first-order valence-electron chi connectivity index (χ1n) is 10.8. The zero-order chi connectivity index (χ0) is 23.2. The zero-order valence-electron chi connectivity index (χ0n) is 18.0. The second-order valence-electron chi connectivity index (χ2n) is 8.02. The van der Waals surface area contributed by atoms with Crippen LogP contribution in [0.2, 0.25) is 5.02 Å². The molecule has 5 heteroatoms. The number of fused-ring (bicyclic) bond motifs is 1. The molecule has 0 saturated heterocycles. The molecular formula is C28H24ClNO3. The van der Waals surface area contributed by atoms with Crippen molar-refractivity contribution in [1.82, 2.24) is 4.98 Å². The number of rotatable bonds is 8. The van der Waals surface area contributed by atoms with E-state index in [1.807, 2.05) is 91.0 Å². The second kappa shape index (κ2) is 10.4. The third-order valence-corrected chi connectivity index (χ3v) is 5.71. The summed E-state index contributed by atoms with van der Waals surface area (Å²) in [6.07, 6.45) is 4.53. The van der Waals surface area contributed by atoms with Crippen LogP contribution in [0.5, 0.6) is 0 Å². The third-order valence-electron chi connectivity index (χ3n) is 5.47. The van der Waals surface area contributed by atoms with Crippen molar-refractivity contribution in [2.24, 2.45) is 0 Å². The Bertz CT molecular complexity index is 1320. The maximum absolute atomic E-state index is 10.9. The molecule has 0 aliphatic rings. The van der Waals surface area contributed by atoms with Crippen LogP contribution in [0.1, 0.15) is 40.5 Å². The summed E-state index contributed by atoms with van der Waals surface area (Å²) in [5, 5.41) is 21.4. The number of hydrogen-bond acceptors (Lipinski definition) is 3. The number of aryl methyl sites for hydroxylation is 1. The van der Waals surface area contributed by atoms with Crippen molar-refractivity contribution in [3.8, 4) is 0 Å². The van der Waals surface area contributed by atoms with E-state index in [-0.39, 0.29) is 6.42 Å². The minimum absolute atomic E-state index is 0.00385. The van der Waals surface area contributed by atoms with Gasteiger partial charge in [0.25, 0.3) is 0 Å². The van der Waals surface area contributed by atoms with Crippen LogP contribution in [-0.2, 0) is 17.6 Å². The minimum Gasteiger partial charge on any atom is -0.481 e. The van der Waals surface area contributed by atoms with Gasteiger partial charge in [-0.15, -0.1) is 0 Å². The fraction of sp³-hybridized carbons (Fsp3) is 0.143. The molecule has 1 heterocycles. The molecule has 0 amide bonds. The smallest absolute Gasteiger partial charge is 0.307 e. The Hall–Kier alpha value is -3.47. The van der Waals surface area contributed by atoms with Gasteiger partial charge in [-0.3, -0.25) is 4.79 Å². The first kappa shape index (κ1) is 22.7. The van der Waals surface area contributed by atoms with Crippen LogP contribution in [0, 0.1) is 0 Å². The largest absolute Gasteiger partial charge is 0.481 e. The van der Waals surface area contributed by atoms with E-state index in [0.29, 0.717) is 17.9 Å². The molecule has 0 radical (unpaired) electrons. The van der Waals surface area contributed by atoms with Crippen molar-refractivity contribution in [2.75, 3.05) is 0 Å². The van der Waals surface area contributed by atoms with Crippen molar-refractivity contribution in [1.29, 1.82) is 0 Å². The van der Waals surface area contributed by atoms with E-state index in [9.17, 15) is 9.90 Å². The Morgan fingerprint density at radius 1 is 0.939 bits per heavy atom. The zero-order valence-corrected chi connectivity index (χ0v) is 18.7. The first-order valence-corrected chi connectivity index (χ1v) is 11.2. The molecule has 166 valence electrons. The van der Waals surface area contributed by atoms with Crippen molar-refractivity contribution < 1.29 is 15.0 Å². The molecule has 0 fully saturated rings. The van der Waals surface area contributed by atoms with E-state index in [4.69, 9.17) is 16.7 Å². The van der Waals surface area contributed by atoms with E-state index < -0.39 is 12.1 Å². The number of hydrogen-bond donors (Lipinski definition) is 2. The van der Waals surface area contributed by atoms with Gasteiger partial charge >= 0.3 is 5.97 Å². The van der Waals surface area contributed by atoms with E-state index in [1.54, 1.807) is 0 Å². The highest BCUT2D eigenvalue weighted by Crippen LogP contribution is 2.22. The lowest BCUT2D eigenvalue weighted by atomic mass is 9.98. The van der Waals surface area contributed by atoms with E-state index in [0.717, 1.165) is 38.9 Å². The summed E-state index contributed by atoms with van der Waals surface area (Å²) in [5.41, 5.74) is 5.29. The molecule has 3 aromatic carbocycles. The Morgan fingerprint density at radius 2 is 1.73 bits per heavy atom. The molecule has 0 saturated carbocycles. The molecule has 4 aromatic rings. The van der Waals surface area contributed by atoms with Crippen LogP contribution in [0.25, 0.3) is 23.1 Å². The van der Waals surface area contributed by atoms with Gasteiger partial charge in [0.1, 0.15) is 0 Å². The van der Waals surface area contributed by atoms with E-state index in [1.165, 1.54) is 0 Å². The lowest BCUT2D eigenvalue weighted by Gasteiger charge is -2.12. The van der Waals surface area contributed by atoms with Gasteiger partial charge in [0.05, 0.1) is 23.7 Å². The van der Waals surface area contributed by atoms with Gasteiger partial charge < -0.3 is 10.2 Å². The highest BCUT2D eigenvalue weighted by Gasteiger charge is 2.09. The molecule has 0 bridgehead atoms. The SMILES string of the molecule is O=C(O)Cc1cccc(CC[C@H](O)c2cccc(/C=C/c3ccc4ccc(Cl)cc4n3)c2)c1. The predicted octanol–water partition coefficient (Wildman–Crippen LogP) is 6.35. The van der Waals surface area contributed by atoms with E-state index in [2.05, 4.69) is 4.98 Å². The van der Waals surface area contributed by atoms with Gasteiger partial charge in [0.2, 0.25) is 0 Å². The minimum atomic E-state index is -0.847. The van der Waals surface area contributed by atoms with Gasteiger partial charge in [0, 0.05) is 10.4 Å². The van der Waals surface area contributed by atoms with Crippen LogP contribution in [0.4, 0.5) is 0 Å². The van der Waals surface area contributed by atoms with Crippen LogP contribution in [-0.4, -0.2) is 21.2 Å². The Balaban J connectivity index is 1.42. The van der Waals surface area contributed by atoms with Crippen LogP contribution >= 0.6 is 11.6 Å². The number of aliphatic carboxylic acids is 1. The molecule has 1 aromatic heterocycles. The summed E-state index contributed by atoms with van der Waals surface area (Å²) < 4.78 is 0. The fourth-order valence-electron chi connectivity index (χ4n) is 3.79. The highest BCUT2D eigenvalue weighted by atomic mass is 35.5. The maximum atomic E-state index is 10.9. The molecule has 1 atom stereocenters. The predicted molar refractivity (Wildman–Crippen MR) is 133 cm³/mol. The molecule has 33 heavy (non-hydrogen) atoms. The van der Waals surface area contributed by atoms with Crippen molar-refractivity contribution in [2.45, 2.75) is 25.4 Å². The Morgan fingerprint density at radius 3 is 2.58 bits per heavy atom. The summed E-state index contributed by atoms with van der Waals surface area (Å²) in [5.74, 6) is -0.847. The Kier molecular flexibility index (Phi) is 7.18. The summed E-state index contributed by atoms with van der Waals surface area (Å²) in [4.78, 5) is 15.6. The molecule has 4 rings (SSSR count). The normalized spacial score (nSPS) is 12.3. The molecule has 0 aliphatic heterocycles. The average molecular weight is 458 g/mol. The number of carboxylic acids is 1. The highest BCUT2D eigenvalue weighted by molar-refractivity contribution is 6.31. The topological polar surface area (TPSA) is 70.4 Å². The molecule has 2 N–H and O–H groups in total. The van der Waals surface area contributed by atoms with Crippen molar-refractivity contribution in [3.63, 3.8) is 0 Å². The van der Waals surface area contributed by atoms with Crippen LogP contribution < -0.4 is 0 Å². The molecule has 0 spiro atoms. The number of pyridine rings is 1. The number of nitrogens with zero attached hydrogens (tertiary/aromatic N) is 1. The van der Waals surface area contributed by atoms with Gasteiger partial charge in [-0.25, -0.2) is 4.98 Å². The first-order chi connectivity index (χ1) is 16.0. The lowest BCUT2D eigenvalue weighted by molar-refractivity contribution is -0.136. The number of carbonyl (C=O) groups is 1. The Labute approximate surface area is 197 Å². The number of aliphatic hydroxyl groups excluding tert-OH is 1. The molecule has 0 aliphatic carbocycles. The lowest BCUT2D eigenvalue weighted by Crippen LogP contribution is -2.02. The number of benzene rings is 3. The van der Waals surface area contributed by atoms with Crippen molar-refractivity contribution >= 4 is 40.6 Å².